The van der Waals surface area contributed by atoms with Crippen LogP contribution in [0.1, 0.15) is 19.3 Å². The Hall–Kier alpha value is -2.44. The van der Waals surface area contributed by atoms with Crippen molar-refractivity contribution in [3.05, 3.63) is 18.2 Å². The number of anilines is 1. The van der Waals surface area contributed by atoms with Gasteiger partial charge < -0.3 is 10.5 Å². The quantitative estimate of drug-likeness (QED) is 0.496. The van der Waals surface area contributed by atoms with E-state index in [1.54, 1.807) is 25.3 Å². The first-order valence-electron chi connectivity index (χ1n) is 6.28. The Bertz CT molecular complexity index is 557. The van der Waals surface area contributed by atoms with Crippen molar-refractivity contribution >= 4 is 23.2 Å². The van der Waals surface area contributed by atoms with E-state index in [1.165, 1.54) is 0 Å². The van der Waals surface area contributed by atoms with E-state index >= 15 is 0 Å². The van der Waals surface area contributed by atoms with E-state index in [-0.39, 0.29) is 5.91 Å². The molecular weight excluding hydrogens is 260 g/mol. The van der Waals surface area contributed by atoms with Gasteiger partial charge in [0.25, 0.3) is 5.91 Å². The number of methoxy groups -OCH3 is 1. The largest absolute Gasteiger partial charge is 0.497 e. The van der Waals surface area contributed by atoms with Crippen LogP contribution in [0.15, 0.2) is 28.4 Å². The van der Waals surface area contributed by atoms with Gasteiger partial charge in [0.15, 0.2) is 0 Å². The van der Waals surface area contributed by atoms with Crippen LogP contribution >= 0.6 is 0 Å². The Balaban J connectivity index is 2.12. The van der Waals surface area contributed by atoms with E-state index in [9.17, 15) is 9.59 Å². The van der Waals surface area contributed by atoms with Gasteiger partial charge in [-0.15, -0.1) is 0 Å². The van der Waals surface area contributed by atoms with E-state index in [0.29, 0.717) is 36.4 Å². The van der Waals surface area contributed by atoms with Crippen molar-refractivity contribution in [3.63, 3.8) is 0 Å². The first-order valence-corrected chi connectivity index (χ1v) is 6.28. The third-order valence-corrected chi connectivity index (χ3v) is 2.99. The van der Waals surface area contributed by atoms with Crippen LogP contribution in [0.5, 0.6) is 5.75 Å². The van der Waals surface area contributed by atoms with Crippen LogP contribution in [-0.4, -0.2) is 25.0 Å². The average molecular weight is 276 g/mol. The minimum atomic E-state index is -0.650. The molecule has 106 valence electrons. The van der Waals surface area contributed by atoms with Crippen LogP contribution in [0, 0.1) is 0 Å². The highest BCUT2D eigenvalue weighted by Crippen LogP contribution is 2.27. The zero-order valence-corrected chi connectivity index (χ0v) is 11.1. The fraction of sp³-hybridized carbons (Fsp3) is 0.385. The molecule has 0 spiro atoms. The van der Waals surface area contributed by atoms with E-state index in [4.69, 9.17) is 10.5 Å². The van der Waals surface area contributed by atoms with E-state index < -0.39 is 11.9 Å². The standard InChI is InChI=1S/C13H16N4O3/c1-20-8-5-6-10(9(14)7-8)16-17-11-3-2-4-12(18)15-13(11)19/h5-7,11H,2-4,14H2,1H3,(H,15,18,19). The van der Waals surface area contributed by atoms with Crippen molar-refractivity contribution in [2.75, 3.05) is 12.8 Å². The molecule has 3 N–H and O–H groups in total. The number of carbonyl (C=O) groups is 2. The predicted octanol–water partition coefficient (Wildman–Crippen LogP) is 1.56. The Morgan fingerprint density at radius 1 is 1.40 bits per heavy atom. The molecule has 0 saturated carbocycles. The van der Waals surface area contributed by atoms with Gasteiger partial charge in [0.2, 0.25) is 5.91 Å². The van der Waals surface area contributed by atoms with E-state index in [2.05, 4.69) is 15.5 Å². The molecule has 0 bridgehead atoms. The number of nitrogens with two attached hydrogens (primary N) is 1. The Kier molecular flexibility index (Phi) is 4.29. The number of azo groups is 1. The molecule has 1 atom stereocenters. The zero-order valence-electron chi connectivity index (χ0n) is 11.1. The van der Waals surface area contributed by atoms with Gasteiger partial charge in [0.05, 0.1) is 12.8 Å². The molecule has 1 heterocycles. The molecule has 20 heavy (non-hydrogen) atoms. The summed E-state index contributed by atoms with van der Waals surface area (Å²) in [4.78, 5) is 22.9. The SMILES string of the molecule is COc1ccc(N=NC2CCCC(=O)NC2=O)c(N)c1. The number of nitrogens with zero attached hydrogens (tertiary/aromatic N) is 2. The maximum atomic E-state index is 11.7. The lowest BCUT2D eigenvalue weighted by Crippen LogP contribution is -2.34. The van der Waals surface area contributed by atoms with E-state index in [0.717, 1.165) is 0 Å². The molecule has 1 unspecified atom stereocenters. The molecule has 2 amide bonds. The van der Waals surface area contributed by atoms with Gasteiger partial charge >= 0.3 is 0 Å². The minimum Gasteiger partial charge on any atom is -0.497 e. The number of ether oxygens (including phenoxy) is 1. The second-order valence-corrected chi connectivity index (χ2v) is 4.46. The summed E-state index contributed by atoms with van der Waals surface area (Å²) in [5.41, 5.74) is 6.69. The number of nitrogen functional groups attached to an aromatic ring is 1. The summed E-state index contributed by atoms with van der Waals surface area (Å²) < 4.78 is 5.04. The fourth-order valence-electron chi connectivity index (χ4n) is 1.86. The molecular formula is C13H16N4O3. The highest BCUT2D eigenvalue weighted by Gasteiger charge is 2.23. The van der Waals surface area contributed by atoms with Gasteiger partial charge in [-0.2, -0.15) is 10.2 Å². The molecule has 0 aromatic heterocycles. The molecule has 7 heteroatoms. The summed E-state index contributed by atoms with van der Waals surface area (Å²) in [6, 6.07) is 4.35. The molecule has 0 radical (unpaired) electrons. The molecule has 2 rings (SSSR count). The number of benzene rings is 1. The summed E-state index contributed by atoms with van der Waals surface area (Å²) in [6.45, 7) is 0. The van der Waals surface area contributed by atoms with Gasteiger partial charge in [0, 0.05) is 12.5 Å². The van der Waals surface area contributed by atoms with E-state index in [1.807, 2.05) is 0 Å². The summed E-state index contributed by atoms with van der Waals surface area (Å²) >= 11 is 0. The van der Waals surface area contributed by atoms with Crippen LogP contribution in [0.4, 0.5) is 11.4 Å². The first-order chi connectivity index (χ1) is 9.60. The third-order valence-electron chi connectivity index (χ3n) is 2.99. The van der Waals surface area contributed by atoms with Crippen LogP contribution in [0.3, 0.4) is 0 Å². The van der Waals surface area contributed by atoms with Crippen molar-refractivity contribution in [2.45, 2.75) is 25.3 Å². The normalized spacial score (nSPS) is 19.8. The lowest BCUT2D eigenvalue weighted by molar-refractivity contribution is -0.130. The number of amides is 2. The average Bonchev–Trinajstić information content (AvgIpc) is 2.58. The number of nitrogens with one attached hydrogen (secondary N) is 1. The second kappa shape index (κ2) is 6.14. The lowest BCUT2D eigenvalue weighted by atomic mass is 10.1. The Morgan fingerprint density at radius 3 is 2.90 bits per heavy atom. The molecule has 1 saturated heterocycles. The fourth-order valence-corrected chi connectivity index (χ4v) is 1.86. The van der Waals surface area contributed by atoms with Crippen molar-refractivity contribution in [1.82, 2.24) is 5.32 Å². The molecule has 1 fully saturated rings. The second-order valence-electron chi connectivity index (χ2n) is 4.46. The van der Waals surface area contributed by atoms with Gasteiger partial charge in [-0.3, -0.25) is 14.9 Å². The number of rotatable bonds is 3. The molecule has 1 aromatic rings. The summed E-state index contributed by atoms with van der Waals surface area (Å²) in [5.74, 6) is -0.0562. The van der Waals surface area contributed by atoms with Crippen LogP contribution in [0.2, 0.25) is 0 Å². The predicted molar refractivity (Wildman–Crippen MR) is 72.7 cm³/mol. The number of carbonyl (C=O) groups excluding carboxylic acids is 2. The summed E-state index contributed by atoms with van der Waals surface area (Å²) in [5, 5.41) is 10.3. The van der Waals surface area contributed by atoms with Gasteiger partial charge in [-0.05, 0) is 25.0 Å². The first kappa shape index (κ1) is 14.0. The lowest BCUT2D eigenvalue weighted by Gasteiger charge is -2.06. The number of hydrogen-bond donors (Lipinski definition) is 2. The zero-order chi connectivity index (χ0) is 14.5. The highest BCUT2D eigenvalue weighted by molar-refractivity contribution is 5.98. The number of hydrogen-bond acceptors (Lipinski definition) is 6. The van der Waals surface area contributed by atoms with Gasteiger partial charge in [0.1, 0.15) is 17.5 Å². The van der Waals surface area contributed by atoms with Crippen LogP contribution < -0.4 is 15.8 Å². The third kappa shape index (κ3) is 3.31. The van der Waals surface area contributed by atoms with Crippen LogP contribution in [-0.2, 0) is 9.59 Å². The molecule has 1 aromatic carbocycles. The van der Waals surface area contributed by atoms with Crippen molar-refractivity contribution in [3.8, 4) is 5.75 Å². The molecule has 0 aliphatic carbocycles. The number of imide groups is 1. The molecule has 7 nitrogen and oxygen atoms in total. The molecule has 1 aliphatic rings. The summed E-state index contributed by atoms with van der Waals surface area (Å²) in [6.07, 6.45) is 1.44. The van der Waals surface area contributed by atoms with Crippen molar-refractivity contribution in [1.29, 1.82) is 0 Å². The van der Waals surface area contributed by atoms with Crippen molar-refractivity contribution < 1.29 is 14.3 Å². The van der Waals surface area contributed by atoms with Gasteiger partial charge in [-0.1, -0.05) is 0 Å². The maximum Gasteiger partial charge on any atom is 0.253 e. The smallest absolute Gasteiger partial charge is 0.253 e. The maximum absolute atomic E-state index is 11.7. The highest BCUT2D eigenvalue weighted by atomic mass is 16.5. The minimum absolute atomic E-state index is 0.267. The molecule has 1 aliphatic heterocycles. The summed E-state index contributed by atoms with van der Waals surface area (Å²) in [7, 11) is 1.54. The Labute approximate surface area is 116 Å². The van der Waals surface area contributed by atoms with Crippen LogP contribution in [0.25, 0.3) is 0 Å². The van der Waals surface area contributed by atoms with Gasteiger partial charge in [-0.25, -0.2) is 0 Å². The topological polar surface area (TPSA) is 106 Å². The monoisotopic (exact) mass is 276 g/mol. The Morgan fingerprint density at radius 2 is 2.20 bits per heavy atom. The van der Waals surface area contributed by atoms with Crippen molar-refractivity contribution in [2.24, 2.45) is 10.2 Å².